The molecule has 30 heavy (non-hydrogen) atoms. The largest absolute Gasteiger partial charge is 0.480 e. The Kier molecular flexibility index (Phi) is 8.16. The number of carboxylic acids is 2. The van der Waals surface area contributed by atoms with E-state index < -0.39 is 18.0 Å². The molecule has 1 atom stereocenters. The van der Waals surface area contributed by atoms with Crippen molar-refractivity contribution in [2.24, 2.45) is 5.92 Å². The number of rotatable bonds is 10. The second-order valence-corrected chi connectivity index (χ2v) is 7.70. The van der Waals surface area contributed by atoms with Crippen LogP contribution in [0, 0.1) is 5.92 Å². The van der Waals surface area contributed by atoms with Gasteiger partial charge in [-0.15, -0.1) is 0 Å². The molecule has 0 aliphatic heterocycles. The van der Waals surface area contributed by atoms with Gasteiger partial charge in [-0.2, -0.15) is 0 Å². The topological polar surface area (TPSA) is 94.9 Å². The molecule has 0 radical (unpaired) electrons. The van der Waals surface area contributed by atoms with Crippen LogP contribution < -0.4 is 0 Å². The molecule has 0 aromatic heterocycles. The number of hydrogen-bond donors (Lipinski definition) is 2. The highest BCUT2D eigenvalue weighted by Crippen LogP contribution is 2.25. The molecule has 0 aliphatic rings. The molecule has 0 spiro atoms. The van der Waals surface area contributed by atoms with Crippen LogP contribution in [-0.4, -0.2) is 39.0 Å². The Morgan fingerprint density at radius 3 is 2.13 bits per heavy atom. The highest BCUT2D eigenvalue weighted by atomic mass is 16.4. The molecule has 2 N–H and O–H groups in total. The minimum atomic E-state index is -1.01. The molecule has 6 heteroatoms. The summed E-state index contributed by atoms with van der Waals surface area (Å²) in [5.41, 5.74) is 2.37. The molecule has 0 heterocycles. The summed E-state index contributed by atoms with van der Waals surface area (Å²) in [6, 6.07) is 13.1. The fraction of sp³-hybridized carbons (Fsp3) is 0.375. The third-order valence-corrected chi connectivity index (χ3v) is 5.06. The maximum atomic E-state index is 12.8. The predicted molar refractivity (Wildman–Crippen MR) is 115 cm³/mol. The molecule has 1 amide bonds. The molecule has 2 rings (SSSR count). The van der Waals surface area contributed by atoms with Crippen molar-refractivity contribution in [2.45, 2.75) is 52.6 Å². The van der Waals surface area contributed by atoms with Crippen molar-refractivity contribution in [2.75, 3.05) is 0 Å². The molecule has 2 aromatic carbocycles. The number of benzene rings is 2. The van der Waals surface area contributed by atoms with Crippen molar-refractivity contribution in [3.05, 3.63) is 59.7 Å². The summed E-state index contributed by atoms with van der Waals surface area (Å²) < 4.78 is 0. The molecule has 0 saturated carbocycles. The van der Waals surface area contributed by atoms with Gasteiger partial charge in [-0.25, -0.2) is 9.59 Å². The molecule has 0 bridgehead atoms. The molecular weight excluding hydrogens is 382 g/mol. The van der Waals surface area contributed by atoms with E-state index in [-0.39, 0.29) is 23.9 Å². The summed E-state index contributed by atoms with van der Waals surface area (Å²) in [6.45, 7) is 5.77. The van der Waals surface area contributed by atoms with E-state index in [0.717, 1.165) is 17.5 Å². The first kappa shape index (κ1) is 23.1. The second kappa shape index (κ2) is 10.6. The minimum Gasteiger partial charge on any atom is -0.480 e. The van der Waals surface area contributed by atoms with Gasteiger partial charge in [-0.3, -0.25) is 4.79 Å². The average molecular weight is 411 g/mol. The average Bonchev–Trinajstić information content (AvgIpc) is 2.71. The SMILES string of the molecule is CCCCC(=O)N(Cc1ccc(-c2ccccc2C(=O)O)cc1)[C@H](C(=O)O)C(C)C. The maximum Gasteiger partial charge on any atom is 0.336 e. The summed E-state index contributed by atoms with van der Waals surface area (Å²) in [7, 11) is 0. The number of aromatic carboxylic acids is 1. The van der Waals surface area contributed by atoms with Crippen molar-refractivity contribution >= 4 is 17.8 Å². The molecule has 0 aliphatic carbocycles. The molecule has 160 valence electrons. The smallest absolute Gasteiger partial charge is 0.336 e. The molecule has 2 aromatic rings. The van der Waals surface area contributed by atoms with Crippen LogP contribution in [0.25, 0.3) is 11.1 Å². The first-order chi connectivity index (χ1) is 14.3. The van der Waals surface area contributed by atoms with Crippen molar-refractivity contribution < 1.29 is 24.6 Å². The van der Waals surface area contributed by atoms with Gasteiger partial charge in [0.2, 0.25) is 5.91 Å². The van der Waals surface area contributed by atoms with Gasteiger partial charge in [0, 0.05) is 13.0 Å². The van der Waals surface area contributed by atoms with Crippen LogP contribution in [0.15, 0.2) is 48.5 Å². The lowest BCUT2D eigenvalue weighted by Crippen LogP contribution is -2.47. The van der Waals surface area contributed by atoms with E-state index in [4.69, 9.17) is 0 Å². The van der Waals surface area contributed by atoms with Gasteiger partial charge >= 0.3 is 11.9 Å². The van der Waals surface area contributed by atoms with Gasteiger partial charge in [-0.1, -0.05) is 69.7 Å². The van der Waals surface area contributed by atoms with Gasteiger partial charge in [0.1, 0.15) is 6.04 Å². The summed E-state index contributed by atoms with van der Waals surface area (Å²) >= 11 is 0. The second-order valence-electron chi connectivity index (χ2n) is 7.70. The Balaban J connectivity index is 2.31. The van der Waals surface area contributed by atoms with Crippen LogP contribution in [0.4, 0.5) is 0 Å². The van der Waals surface area contributed by atoms with Crippen molar-refractivity contribution in [1.82, 2.24) is 4.90 Å². The van der Waals surface area contributed by atoms with E-state index in [1.54, 1.807) is 50.2 Å². The number of unbranched alkanes of at least 4 members (excludes halogenated alkanes) is 1. The summed E-state index contributed by atoms with van der Waals surface area (Å²) in [5.74, 6) is -2.40. The minimum absolute atomic E-state index is 0.168. The number of amides is 1. The van der Waals surface area contributed by atoms with E-state index in [1.165, 1.54) is 4.90 Å². The zero-order valence-corrected chi connectivity index (χ0v) is 17.7. The van der Waals surface area contributed by atoms with Crippen molar-refractivity contribution in [3.63, 3.8) is 0 Å². The summed E-state index contributed by atoms with van der Waals surface area (Å²) in [6.07, 6.45) is 1.89. The van der Waals surface area contributed by atoms with E-state index in [9.17, 15) is 24.6 Å². The molecule has 0 fully saturated rings. The van der Waals surface area contributed by atoms with E-state index in [0.29, 0.717) is 18.4 Å². The summed E-state index contributed by atoms with van der Waals surface area (Å²) in [4.78, 5) is 37.5. The lowest BCUT2D eigenvalue weighted by atomic mass is 9.97. The van der Waals surface area contributed by atoms with Crippen LogP contribution in [0.5, 0.6) is 0 Å². The number of hydrogen-bond acceptors (Lipinski definition) is 3. The van der Waals surface area contributed by atoms with Crippen LogP contribution in [0.1, 0.15) is 56.0 Å². The van der Waals surface area contributed by atoms with E-state index in [1.807, 2.05) is 19.1 Å². The summed E-state index contributed by atoms with van der Waals surface area (Å²) in [5, 5.41) is 19.1. The fourth-order valence-corrected chi connectivity index (χ4v) is 3.50. The third-order valence-electron chi connectivity index (χ3n) is 5.06. The van der Waals surface area contributed by atoms with Gasteiger partial charge in [0.15, 0.2) is 0 Å². The normalized spacial score (nSPS) is 11.9. The fourth-order valence-electron chi connectivity index (χ4n) is 3.50. The van der Waals surface area contributed by atoms with E-state index >= 15 is 0 Å². The monoisotopic (exact) mass is 411 g/mol. The lowest BCUT2D eigenvalue weighted by Gasteiger charge is -2.32. The Morgan fingerprint density at radius 2 is 1.60 bits per heavy atom. The number of carbonyl (C=O) groups excluding carboxylic acids is 1. The van der Waals surface area contributed by atoms with Crippen molar-refractivity contribution in [1.29, 1.82) is 0 Å². The molecule has 0 unspecified atom stereocenters. The predicted octanol–water partition coefficient (Wildman–Crippen LogP) is 4.68. The number of nitrogens with zero attached hydrogens (tertiary/aromatic N) is 1. The molecular formula is C24H29NO5. The number of aliphatic carboxylic acids is 1. The van der Waals surface area contributed by atoms with Gasteiger partial charge in [-0.05, 0) is 35.1 Å². The highest BCUT2D eigenvalue weighted by Gasteiger charge is 2.32. The Labute approximate surface area is 177 Å². The first-order valence-electron chi connectivity index (χ1n) is 10.2. The van der Waals surface area contributed by atoms with Crippen LogP contribution in [0.2, 0.25) is 0 Å². The first-order valence-corrected chi connectivity index (χ1v) is 10.2. The van der Waals surface area contributed by atoms with Gasteiger partial charge in [0.05, 0.1) is 5.56 Å². The Bertz CT molecular complexity index is 889. The van der Waals surface area contributed by atoms with Crippen LogP contribution in [0.3, 0.4) is 0 Å². The number of carboxylic acid groups (broad SMARTS) is 2. The lowest BCUT2D eigenvalue weighted by molar-refractivity contribution is -0.153. The van der Waals surface area contributed by atoms with Crippen LogP contribution >= 0.6 is 0 Å². The third kappa shape index (κ3) is 5.69. The zero-order chi connectivity index (χ0) is 22.3. The standard InChI is InChI=1S/C24H29NO5/c1-4-5-10-21(26)25(22(16(2)3)24(29)30)15-17-11-13-18(14-12-17)19-8-6-7-9-20(19)23(27)28/h6-9,11-14,16,22H,4-5,10,15H2,1-3H3,(H,27,28)(H,29,30)/t22-/m0/s1. The quantitative estimate of drug-likeness (QED) is 0.592. The van der Waals surface area contributed by atoms with Gasteiger partial charge in [0.25, 0.3) is 0 Å². The number of carbonyl (C=O) groups is 3. The Morgan fingerprint density at radius 1 is 0.967 bits per heavy atom. The highest BCUT2D eigenvalue weighted by molar-refractivity contribution is 5.96. The Hall–Kier alpha value is -3.15. The maximum absolute atomic E-state index is 12.8. The van der Waals surface area contributed by atoms with Crippen molar-refractivity contribution in [3.8, 4) is 11.1 Å². The van der Waals surface area contributed by atoms with E-state index in [2.05, 4.69) is 0 Å². The molecule has 6 nitrogen and oxygen atoms in total. The molecule has 0 saturated heterocycles. The zero-order valence-electron chi connectivity index (χ0n) is 17.7. The van der Waals surface area contributed by atoms with Crippen LogP contribution in [-0.2, 0) is 16.1 Å². The van der Waals surface area contributed by atoms with Gasteiger partial charge < -0.3 is 15.1 Å².